The Labute approximate surface area is 229 Å². The molecule has 0 saturated carbocycles. The van der Waals surface area contributed by atoms with E-state index in [1.54, 1.807) is 0 Å². The molecule has 0 amide bonds. The SMILES string of the molecule is Cc1c(F)c(F)c(COC(CO)(OCc2c(F)c(F)c(C)c(F)c2F)OCc2c(F)c(F)c(C)c(F)c2F)c(F)c1F. The summed E-state index contributed by atoms with van der Waals surface area (Å²) in [5.74, 6) is -26.8. The van der Waals surface area contributed by atoms with Crippen LogP contribution < -0.4 is 0 Å². The molecule has 3 aromatic rings. The first-order chi connectivity index (χ1) is 19.5. The summed E-state index contributed by atoms with van der Waals surface area (Å²) in [4.78, 5) is 0. The highest BCUT2D eigenvalue weighted by Gasteiger charge is 2.38. The normalized spacial score (nSPS) is 12.0. The van der Waals surface area contributed by atoms with Crippen molar-refractivity contribution in [3.05, 3.63) is 103 Å². The molecule has 0 aromatic heterocycles. The number of hydrogen-bond acceptors (Lipinski definition) is 4. The summed E-state index contributed by atoms with van der Waals surface area (Å²) in [7, 11) is 0. The molecule has 0 spiro atoms. The monoisotopic (exact) mass is 622 g/mol. The van der Waals surface area contributed by atoms with Gasteiger partial charge in [0.15, 0.2) is 69.8 Å². The summed E-state index contributed by atoms with van der Waals surface area (Å²) in [6.45, 7) is -4.58. The third kappa shape index (κ3) is 5.80. The van der Waals surface area contributed by atoms with Crippen LogP contribution in [0.25, 0.3) is 0 Å². The van der Waals surface area contributed by atoms with E-state index in [9.17, 15) is 57.8 Å². The van der Waals surface area contributed by atoms with Gasteiger partial charge in [0, 0.05) is 16.7 Å². The van der Waals surface area contributed by atoms with Gasteiger partial charge in [0.2, 0.25) is 0 Å². The number of halogens is 12. The van der Waals surface area contributed by atoms with Gasteiger partial charge in [-0.05, 0) is 20.8 Å². The molecule has 0 saturated heterocycles. The van der Waals surface area contributed by atoms with E-state index in [2.05, 4.69) is 0 Å². The van der Waals surface area contributed by atoms with Gasteiger partial charge >= 0.3 is 5.97 Å². The van der Waals surface area contributed by atoms with Crippen molar-refractivity contribution in [1.29, 1.82) is 0 Å². The Morgan fingerprint density at radius 1 is 0.405 bits per heavy atom. The summed E-state index contributed by atoms with van der Waals surface area (Å²) < 4.78 is 185. The molecule has 0 bridgehead atoms. The highest BCUT2D eigenvalue weighted by Crippen LogP contribution is 2.31. The van der Waals surface area contributed by atoms with E-state index in [1.807, 2.05) is 0 Å². The average molecular weight is 622 g/mol. The molecule has 0 unspecified atom stereocenters. The molecule has 3 rings (SSSR count). The van der Waals surface area contributed by atoms with E-state index in [4.69, 9.17) is 14.2 Å². The van der Waals surface area contributed by atoms with Crippen LogP contribution in [-0.2, 0) is 34.0 Å². The maximum absolute atomic E-state index is 14.4. The predicted octanol–water partition coefficient (Wildman–Crippen LogP) is 6.88. The fourth-order valence-corrected chi connectivity index (χ4v) is 3.55. The van der Waals surface area contributed by atoms with Crippen LogP contribution in [0.3, 0.4) is 0 Å². The molecule has 0 aliphatic carbocycles. The lowest BCUT2D eigenvalue weighted by Gasteiger charge is -2.32. The van der Waals surface area contributed by atoms with Crippen molar-refractivity contribution >= 4 is 0 Å². The fraction of sp³-hybridized carbons (Fsp3) is 0.308. The molecule has 42 heavy (non-hydrogen) atoms. The Hall–Kier alpha value is -3.34. The number of ether oxygens (including phenoxy) is 3. The second kappa shape index (κ2) is 12.5. The summed E-state index contributed by atoms with van der Waals surface area (Å²) in [5, 5.41) is 9.90. The van der Waals surface area contributed by atoms with E-state index in [-0.39, 0.29) is 0 Å². The molecule has 0 aliphatic heterocycles. The zero-order valence-corrected chi connectivity index (χ0v) is 21.5. The summed E-state index contributed by atoms with van der Waals surface area (Å²) in [6.07, 6.45) is 0. The lowest BCUT2D eigenvalue weighted by Crippen LogP contribution is -2.43. The topological polar surface area (TPSA) is 47.9 Å². The quantitative estimate of drug-likeness (QED) is 0.152. The Kier molecular flexibility index (Phi) is 9.86. The Morgan fingerprint density at radius 3 is 0.762 bits per heavy atom. The summed E-state index contributed by atoms with van der Waals surface area (Å²) >= 11 is 0. The predicted molar refractivity (Wildman–Crippen MR) is 117 cm³/mol. The van der Waals surface area contributed by atoms with Crippen LogP contribution in [0.5, 0.6) is 0 Å². The summed E-state index contributed by atoms with van der Waals surface area (Å²) in [6, 6.07) is 0. The van der Waals surface area contributed by atoms with Gasteiger partial charge in [-0.3, -0.25) is 0 Å². The molecule has 0 fully saturated rings. The third-order valence-corrected chi connectivity index (χ3v) is 6.22. The zero-order chi connectivity index (χ0) is 31.8. The average Bonchev–Trinajstić information content (AvgIpc) is 2.98. The Morgan fingerprint density at radius 2 is 0.595 bits per heavy atom. The molecule has 0 heterocycles. The second-order valence-corrected chi connectivity index (χ2v) is 8.79. The summed E-state index contributed by atoms with van der Waals surface area (Å²) in [5.41, 5.74) is -7.77. The minimum atomic E-state index is -3.37. The Balaban J connectivity index is 2.06. The number of benzene rings is 3. The molecular formula is C26H18F12O4. The molecule has 0 aliphatic rings. The lowest BCUT2D eigenvalue weighted by molar-refractivity contribution is -0.405. The van der Waals surface area contributed by atoms with Gasteiger partial charge < -0.3 is 19.3 Å². The maximum atomic E-state index is 14.4. The van der Waals surface area contributed by atoms with Crippen LogP contribution in [0.2, 0.25) is 0 Å². The lowest BCUT2D eigenvalue weighted by atomic mass is 10.1. The standard InChI is InChI=1S/C26H18F12O4/c1-8-14(27)20(33)11(21(34)15(8)28)4-40-26(7-39,41-5-12-22(35)16(29)9(2)17(30)23(12)36)42-6-13-24(37)18(31)10(3)19(32)25(13)38/h39H,4-7H2,1-3H3. The van der Waals surface area contributed by atoms with Gasteiger partial charge in [0.1, 0.15) is 6.61 Å². The first-order valence-corrected chi connectivity index (χ1v) is 11.5. The first-order valence-electron chi connectivity index (χ1n) is 11.5. The second-order valence-electron chi connectivity index (χ2n) is 8.79. The zero-order valence-electron chi connectivity index (χ0n) is 21.5. The van der Waals surface area contributed by atoms with Crippen molar-refractivity contribution < 1.29 is 72.0 Å². The smallest absolute Gasteiger partial charge is 0.308 e. The molecule has 4 nitrogen and oxygen atoms in total. The van der Waals surface area contributed by atoms with Gasteiger partial charge in [-0.2, -0.15) is 0 Å². The molecule has 0 atom stereocenters. The molecule has 3 aromatic carbocycles. The van der Waals surface area contributed by atoms with Crippen molar-refractivity contribution in [2.24, 2.45) is 0 Å². The van der Waals surface area contributed by atoms with Gasteiger partial charge in [-0.15, -0.1) is 0 Å². The highest BCUT2D eigenvalue weighted by molar-refractivity contribution is 5.30. The van der Waals surface area contributed by atoms with E-state index in [1.165, 1.54) is 0 Å². The maximum Gasteiger partial charge on any atom is 0.308 e. The van der Waals surface area contributed by atoms with Crippen LogP contribution in [0.15, 0.2) is 0 Å². The minimum Gasteiger partial charge on any atom is -0.388 e. The highest BCUT2D eigenvalue weighted by atomic mass is 19.2. The van der Waals surface area contributed by atoms with Crippen molar-refractivity contribution in [3.8, 4) is 0 Å². The van der Waals surface area contributed by atoms with Crippen LogP contribution in [0.4, 0.5) is 52.7 Å². The molecule has 0 radical (unpaired) electrons. The van der Waals surface area contributed by atoms with Crippen molar-refractivity contribution in [1.82, 2.24) is 0 Å². The van der Waals surface area contributed by atoms with Gasteiger partial charge in [0.05, 0.1) is 36.5 Å². The van der Waals surface area contributed by atoms with E-state index < -0.39 is 136 Å². The number of hydrogen-bond donors (Lipinski definition) is 1. The van der Waals surface area contributed by atoms with Gasteiger partial charge in [-0.1, -0.05) is 0 Å². The van der Waals surface area contributed by atoms with Crippen LogP contribution in [-0.4, -0.2) is 17.7 Å². The van der Waals surface area contributed by atoms with E-state index >= 15 is 0 Å². The van der Waals surface area contributed by atoms with Crippen molar-refractivity contribution in [3.63, 3.8) is 0 Å². The number of aliphatic hydroxyl groups excluding tert-OH is 1. The number of rotatable bonds is 10. The number of aliphatic hydroxyl groups is 1. The van der Waals surface area contributed by atoms with Crippen LogP contribution >= 0.6 is 0 Å². The first kappa shape index (κ1) is 33.2. The van der Waals surface area contributed by atoms with E-state index in [0.29, 0.717) is 20.8 Å². The molecule has 1 N–H and O–H groups in total. The fourth-order valence-electron chi connectivity index (χ4n) is 3.55. The van der Waals surface area contributed by atoms with E-state index in [0.717, 1.165) is 0 Å². The van der Waals surface area contributed by atoms with Crippen molar-refractivity contribution in [2.45, 2.75) is 46.6 Å². The largest absolute Gasteiger partial charge is 0.388 e. The van der Waals surface area contributed by atoms with Gasteiger partial charge in [0.25, 0.3) is 0 Å². The van der Waals surface area contributed by atoms with Crippen LogP contribution in [0.1, 0.15) is 33.4 Å². The van der Waals surface area contributed by atoms with Gasteiger partial charge in [-0.25, -0.2) is 52.7 Å². The molecule has 16 heteroatoms. The third-order valence-electron chi connectivity index (χ3n) is 6.22. The van der Waals surface area contributed by atoms with Crippen molar-refractivity contribution in [2.75, 3.05) is 6.61 Å². The Bertz CT molecular complexity index is 1280. The van der Waals surface area contributed by atoms with Crippen LogP contribution in [0, 0.1) is 90.6 Å². The minimum absolute atomic E-state index is 0.678. The molecule has 230 valence electrons. The molecular weight excluding hydrogens is 604 g/mol.